The number of primary amides is 1. The molecule has 2 rings (SSSR count). The minimum absolute atomic E-state index is 0.0984. The molecule has 1 aromatic heterocycles. The predicted octanol–water partition coefficient (Wildman–Crippen LogP) is 1.07. The van der Waals surface area contributed by atoms with Crippen LogP contribution in [0, 0.1) is 5.92 Å². The number of nitrogens with zero attached hydrogens (tertiary/aromatic N) is 2. The molecule has 0 spiro atoms. The van der Waals surface area contributed by atoms with Gasteiger partial charge in [-0.15, -0.1) is 0 Å². The zero-order chi connectivity index (χ0) is 15.4. The Balaban J connectivity index is 1.93. The zero-order valence-electron chi connectivity index (χ0n) is 12.4. The van der Waals surface area contributed by atoms with Crippen molar-refractivity contribution >= 4 is 11.8 Å². The summed E-state index contributed by atoms with van der Waals surface area (Å²) in [6.07, 6.45) is 2.28. The molecule has 0 saturated carbocycles. The van der Waals surface area contributed by atoms with E-state index in [4.69, 9.17) is 10.5 Å². The second-order valence-electron chi connectivity index (χ2n) is 5.69. The molecule has 6 heteroatoms. The van der Waals surface area contributed by atoms with Crippen LogP contribution < -0.4 is 5.73 Å². The summed E-state index contributed by atoms with van der Waals surface area (Å²) >= 11 is 0. The van der Waals surface area contributed by atoms with Gasteiger partial charge in [-0.3, -0.25) is 14.6 Å². The van der Waals surface area contributed by atoms with E-state index in [2.05, 4.69) is 18.8 Å². The van der Waals surface area contributed by atoms with Crippen molar-refractivity contribution in [3.05, 3.63) is 29.6 Å². The van der Waals surface area contributed by atoms with Crippen LogP contribution in [-0.2, 0) is 4.74 Å². The summed E-state index contributed by atoms with van der Waals surface area (Å²) in [5.74, 6) is -0.204. The molecule has 114 valence electrons. The molecule has 1 aromatic rings. The average Bonchev–Trinajstić information content (AvgIpc) is 2.93. The maximum atomic E-state index is 12.3. The third kappa shape index (κ3) is 4.01. The van der Waals surface area contributed by atoms with E-state index in [0.717, 1.165) is 6.42 Å². The number of nitrogens with two attached hydrogens (primary N) is 1. The zero-order valence-corrected chi connectivity index (χ0v) is 12.4. The Morgan fingerprint density at radius 3 is 2.81 bits per heavy atom. The molecule has 0 aromatic carbocycles. The SMILES string of the molecule is CC(C)COC1CCN(C(=O)c2ccc(C(N)=O)cn2)C1. The fraction of sp³-hybridized carbons (Fsp3) is 0.533. The molecule has 0 aliphatic carbocycles. The third-order valence-corrected chi connectivity index (χ3v) is 3.36. The Labute approximate surface area is 124 Å². The van der Waals surface area contributed by atoms with Gasteiger partial charge in [-0.1, -0.05) is 13.8 Å². The molecule has 6 nitrogen and oxygen atoms in total. The highest BCUT2D eigenvalue weighted by Gasteiger charge is 2.28. The van der Waals surface area contributed by atoms with Crippen molar-refractivity contribution in [1.29, 1.82) is 0 Å². The lowest BCUT2D eigenvalue weighted by atomic mass is 10.2. The molecule has 1 aliphatic rings. The first-order valence-electron chi connectivity index (χ1n) is 7.14. The van der Waals surface area contributed by atoms with Crippen LogP contribution in [0.25, 0.3) is 0 Å². The highest BCUT2D eigenvalue weighted by atomic mass is 16.5. The Hall–Kier alpha value is -1.95. The van der Waals surface area contributed by atoms with Crippen molar-refractivity contribution in [3.8, 4) is 0 Å². The van der Waals surface area contributed by atoms with Crippen LogP contribution in [-0.4, -0.2) is 47.5 Å². The van der Waals surface area contributed by atoms with Gasteiger partial charge in [0.05, 0.1) is 11.7 Å². The maximum Gasteiger partial charge on any atom is 0.272 e. The van der Waals surface area contributed by atoms with Crippen molar-refractivity contribution in [2.75, 3.05) is 19.7 Å². The first kappa shape index (κ1) is 15.4. The molecule has 2 amide bonds. The second-order valence-corrected chi connectivity index (χ2v) is 5.69. The van der Waals surface area contributed by atoms with E-state index in [1.54, 1.807) is 4.90 Å². The Kier molecular flexibility index (Phi) is 4.90. The quantitative estimate of drug-likeness (QED) is 0.879. The molecule has 1 fully saturated rings. The monoisotopic (exact) mass is 291 g/mol. The van der Waals surface area contributed by atoms with E-state index in [-0.39, 0.29) is 12.0 Å². The number of likely N-dealkylation sites (tertiary alicyclic amines) is 1. The lowest BCUT2D eigenvalue weighted by Gasteiger charge is -2.17. The normalized spacial score (nSPS) is 18.2. The van der Waals surface area contributed by atoms with Crippen molar-refractivity contribution < 1.29 is 14.3 Å². The number of rotatable bonds is 5. The number of carbonyl (C=O) groups excluding carboxylic acids is 2. The van der Waals surface area contributed by atoms with Gasteiger partial charge in [0.25, 0.3) is 5.91 Å². The van der Waals surface area contributed by atoms with Gasteiger partial charge in [0.2, 0.25) is 5.91 Å². The first-order chi connectivity index (χ1) is 9.97. The van der Waals surface area contributed by atoms with Gasteiger partial charge in [-0.2, -0.15) is 0 Å². The molecule has 0 radical (unpaired) electrons. The number of aromatic nitrogens is 1. The number of ether oxygens (including phenoxy) is 1. The standard InChI is InChI=1S/C15H21N3O3/c1-10(2)9-21-12-5-6-18(8-12)15(20)13-4-3-11(7-17-13)14(16)19/h3-4,7,10,12H,5-6,8-9H2,1-2H3,(H2,16,19). The van der Waals surface area contributed by atoms with E-state index in [1.807, 2.05) is 0 Å². The number of hydrogen-bond acceptors (Lipinski definition) is 4. The predicted molar refractivity (Wildman–Crippen MR) is 77.9 cm³/mol. The van der Waals surface area contributed by atoms with E-state index < -0.39 is 5.91 Å². The van der Waals surface area contributed by atoms with Gasteiger partial charge in [0.15, 0.2) is 0 Å². The fourth-order valence-electron chi connectivity index (χ4n) is 2.21. The van der Waals surface area contributed by atoms with Crippen molar-refractivity contribution in [1.82, 2.24) is 9.88 Å². The lowest BCUT2D eigenvalue weighted by molar-refractivity contribution is 0.0395. The molecule has 0 bridgehead atoms. The molecule has 2 N–H and O–H groups in total. The average molecular weight is 291 g/mol. The van der Waals surface area contributed by atoms with Crippen LogP contribution >= 0.6 is 0 Å². The van der Waals surface area contributed by atoms with Crippen molar-refractivity contribution in [2.45, 2.75) is 26.4 Å². The lowest BCUT2D eigenvalue weighted by Crippen LogP contribution is -2.31. The minimum atomic E-state index is -0.551. The van der Waals surface area contributed by atoms with Gasteiger partial charge in [0.1, 0.15) is 5.69 Å². The summed E-state index contributed by atoms with van der Waals surface area (Å²) in [6.45, 7) is 6.16. The second kappa shape index (κ2) is 6.67. The van der Waals surface area contributed by atoms with Crippen LogP contribution in [0.3, 0.4) is 0 Å². The smallest absolute Gasteiger partial charge is 0.272 e. The van der Waals surface area contributed by atoms with Crippen LogP contribution in [0.5, 0.6) is 0 Å². The Morgan fingerprint density at radius 1 is 1.48 bits per heavy atom. The topological polar surface area (TPSA) is 85.5 Å². The minimum Gasteiger partial charge on any atom is -0.376 e. The summed E-state index contributed by atoms with van der Waals surface area (Å²) in [7, 11) is 0. The molecule has 1 atom stereocenters. The summed E-state index contributed by atoms with van der Waals surface area (Å²) < 4.78 is 5.76. The maximum absolute atomic E-state index is 12.3. The number of hydrogen-bond donors (Lipinski definition) is 1. The third-order valence-electron chi connectivity index (χ3n) is 3.36. The number of carbonyl (C=O) groups is 2. The summed E-state index contributed by atoms with van der Waals surface area (Å²) in [5.41, 5.74) is 5.77. The molecule has 1 saturated heterocycles. The van der Waals surface area contributed by atoms with Crippen molar-refractivity contribution in [3.63, 3.8) is 0 Å². The van der Waals surface area contributed by atoms with Crippen LogP contribution in [0.2, 0.25) is 0 Å². The Morgan fingerprint density at radius 2 is 2.24 bits per heavy atom. The summed E-state index contributed by atoms with van der Waals surface area (Å²) in [4.78, 5) is 29.0. The van der Waals surface area contributed by atoms with Crippen LogP contribution in [0.15, 0.2) is 18.3 Å². The highest BCUT2D eigenvalue weighted by molar-refractivity contribution is 5.95. The van der Waals surface area contributed by atoms with Crippen molar-refractivity contribution in [2.24, 2.45) is 11.7 Å². The molecule has 21 heavy (non-hydrogen) atoms. The van der Waals surface area contributed by atoms with Crippen LogP contribution in [0.4, 0.5) is 0 Å². The number of pyridine rings is 1. The molecular weight excluding hydrogens is 270 g/mol. The Bertz CT molecular complexity index is 513. The molecule has 1 aliphatic heterocycles. The van der Waals surface area contributed by atoms with Gasteiger partial charge < -0.3 is 15.4 Å². The highest BCUT2D eigenvalue weighted by Crippen LogP contribution is 2.16. The fourth-order valence-corrected chi connectivity index (χ4v) is 2.21. The van der Waals surface area contributed by atoms with E-state index in [1.165, 1.54) is 18.3 Å². The molecular formula is C15H21N3O3. The molecule has 2 heterocycles. The van der Waals surface area contributed by atoms with E-state index in [0.29, 0.717) is 36.9 Å². The summed E-state index contributed by atoms with van der Waals surface area (Å²) in [6, 6.07) is 3.05. The van der Waals surface area contributed by atoms with Gasteiger partial charge in [-0.25, -0.2) is 0 Å². The first-order valence-corrected chi connectivity index (χ1v) is 7.14. The largest absolute Gasteiger partial charge is 0.376 e. The number of amides is 2. The van der Waals surface area contributed by atoms with Crippen LogP contribution in [0.1, 0.15) is 41.1 Å². The van der Waals surface area contributed by atoms with E-state index in [9.17, 15) is 9.59 Å². The summed E-state index contributed by atoms with van der Waals surface area (Å²) in [5, 5.41) is 0. The van der Waals surface area contributed by atoms with E-state index >= 15 is 0 Å². The van der Waals surface area contributed by atoms with Gasteiger partial charge >= 0.3 is 0 Å². The van der Waals surface area contributed by atoms with Gasteiger partial charge in [0, 0.05) is 25.9 Å². The molecule has 1 unspecified atom stereocenters. The van der Waals surface area contributed by atoms with Gasteiger partial charge in [-0.05, 0) is 24.5 Å².